The summed E-state index contributed by atoms with van der Waals surface area (Å²) in [7, 11) is 2.29. The van der Waals surface area contributed by atoms with Crippen molar-refractivity contribution in [1.29, 1.82) is 0 Å². The molecule has 0 aromatic carbocycles. The summed E-state index contributed by atoms with van der Waals surface area (Å²) in [5.74, 6) is -0.930. The van der Waals surface area contributed by atoms with Crippen molar-refractivity contribution >= 4 is 29.2 Å². The maximum Gasteiger partial charge on any atom is 0.417 e. The minimum Gasteiger partial charge on any atom is -0.465 e. The lowest BCUT2D eigenvalue weighted by Gasteiger charge is -2.28. The number of nitrogens with zero attached hydrogens (tertiary/aromatic N) is 5. The van der Waals surface area contributed by atoms with Gasteiger partial charge in [-0.15, -0.1) is 5.10 Å². The summed E-state index contributed by atoms with van der Waals surface area (Å²) in [4.78, 5) is 33.6. The molecule has 3 aromatic heterocycles. The van der Waals surface area contributed by atoms with Gasteiger partial charge in [-0.2, -0.15) is 13.2 Å². The van der Waals surface area contributed by atoms with E-state index in [0.717, 1.165) is 13.3 Å². The molecule has 11 nitrogen and oxygen atoms in total. The first-order valence-electron chi connectivity index (χ1n) is 11.4. The molecule has 4 heterocycles. The van der Waals surface area contributed by atoms with E-state index >= 15 is 0 Å². The van der Waals surface area contributed by atoms with Crippen LogP contribution < -0.4 is 10.2 Å². The fourth-order valence-electron chi connectivity index (χ4n) is 3.43. The van der Waals surface area contributed by atoms with Gasteiger partial charge in [0.25, 0.3) is 0 Å². The Morgan fingerprint density at radius 3 is 2.41 bits per heavy atom. The van der Waals surface area contributed by atoms with Crippen molar-refractivity contribution in [3.63, 3.8) is 0 Å². The number of esters is 1. The molecule has 0 aliphatic carbocycles. The number of aromatic nitrogens is 4. The van der Waals surface area contributed by atoms with Gasteiger partial charge in [-0.25, -0.2) is 24.1 Å². The van der Waals surface area contributed by atoms with Gasteiger partial charge in [0.1, 0.15) is 11.3 Å². The Morgan fingerprint density at radius 1 is 1.14 bits per heavy atom. The fourth-order valence-corrected chi connectivity index (χ4v) is 3.43. The smallest absolute Gasteiger partial charge is 0.417 e. The molecule has 200 valence electrons. The van der Waals surface area contributed by atoms with E-state index < -0.39 is 29.4 Å². The molecule has 4 rings (SSSR count). The van der Waals surface area contributed by atoms with Crippen molar-refractivity contribution in [2.75, 3.05) is 50.7 Å². The molecule has 1 N–H and O–H groups in total. The molecule has 0 unspecified atom stereocenters. The number of nitrogens with one attached hydrogen (secondary N) is 1. The fraction of sp³-hybridized carbons (Fsp3) is 0.435. The Morgan fingerprint density at radius 2 is 1.81 bits per heavy atom. The number of methoxy groups -OCH3 is 2. The highest BCUT2D eigenvalue weighted by atomic mass is 19.4. The number of morpholine rings is 1. The van der Waals surface area contributed by atoms with Gasteiger partial charge in [-0.05, 0) is 12.1 Å². The van der Waals surface area contributed by atoms with Crippen LogP contribution >= 0.6 is 0 Å². The van der Waals surface area contributed by atoms with Gasteiger partial charge >= 0.3 is 18.2 Å². The predicted octanol–water partition coefficient (Wildman–Crippen LogP) is 4.03. The van der Waals surface area contributed by atoms with Crippen LogP contribution in [0.2, 0.25) is 0 Å². The molecule has 14 heteroatoms. The molecule has 0 spiro atoms. The number of amides is 1. The van der Waals surface area contributed by atoms with Crippen LogP contribution in [0.1, 0.15) is 36.2 Å². The quantitative estimate of drug-likeness (QED) is 0.505. The summed E-state index contributed by atoms with van der Waals surface area (Å²) >= 11 is 0. The van der Waals surface area contributed by atoms with Crippen molar-refractivity contribution < 1.29 is 37.0 Å². The lowest BCUT2D eigenvalue weighted by Crippen LogP contribution is -2.37. The van der Waals surface area contributed by atoms with Crippen LogP contribution in [0.5, 0.6) is 0 Å². The second-order valence-corrected chi connectivity index (χ2v) is 7.85. The summed E-state index contributed by atoms with van der Waals surface area (Å²) in [5.41, 5.74) is -0.944. The number of hydrogen-bond donors (Lipinski definition) is 1. The molecule has 1 aliphatic rings. The van der Waals surface area contributed by atoms with Crippen molar-refractivity contribution in [2.45, 2.75) is 26.4 Å². The summed E-state index contributed by atoms with van der Waals surface area (Å²) in [6, 6.07) is 2.18. The number of rotatable bonds is 4. The largest absolute Gasteiger partial charge is 0.465 e. The standard InChI is InChI=1S/C20H19F3N6O5.C3H8/c1-32-18(30)11-7-14-17(28-3-5-34-6-4-28)26-16(27-29(14)10-11)12-9-24-15(25-19(31)33-2)8-13(12)20(21,22)23;1-3-2/h7-10H,3-6H2,1-2H3,(H,24,25,31);3H2,1-2H3. The number of alkyl halides is 3. The Hall–Kier alpha value is -3.94. The first kappa shape index (κ1) is 27.6. The number of fused-ring (bicyclic) bond motifs is 1. The van der Waals surface area contributed by atoms with Crippen LogP contribution in [0.15, 0.2) is 24.5 Å². The summed E-state index contributed by atoms with van der Waals surface area (Å²) in [6.45, 7) is 5.94. The Bertz CT molecular complexity index is 1260. The molecule has 0 saturated carbocycles. The summed E-state index contributed by atoms with van der Waals surface area (Å²) in [6.07, 6.45) is -2.26. The Balaban J connectivity index is 0.00000121. The Labute approximate surface area is 210 Å². The van der Waals surface area contributed by atoms with Crippen LogP contribution in [0.25, 0.3) is 16.9 Å². The van der Waals surface area contributed by atoms with Crippen LogP contribution in [0.3, 0.4) is 0 Å². The second kappa shape index (κ2) is 11.9. The Kier molecular flexibility index (Phi) is 8.86. The molecule has 0 atom stereocenters. The highest BCUT2D eigenvalue weighted by Gasteiger charge is 2.36. The summed E-state index contributed by atoms with van der Waals surface area (Å²) in [5, 5.41) is 6.31. The second-order valence-electron chi connectivity index (χ2n) is 7.85. The van der Waals surface area contributed by atoms with E-state index in [0.29, 0.717) is 43.7 Å². The summed E-state index contributed by atoms with van der Waals surface area (Å²) < 4.78 is 57.6. The van der Waals surface area contributed by atoms with Crippen molar-refractivity contribution in [3.05, 3.63) is 35.7 Å². The van der Waals surface area contributed by atoms with E-state index in [9.17, 15) is 22.8 Å². The molecule has 3 aromatic rings. The molecular weight excluding hydrogens is 497 g/mol. The number of halogens is 3. The number of hydrogen-bond acceptors (Lipinski definition) is 9. The highest BCUT2D eigenvalue weighted by Crippen LogP contribution is 2.37. The molecule has 1 fully saturated rings. The van der Waals surface area contributed by atoms with Crippen molar-refractivity contribution in [2.24, 2.45) is 0 Å². The maximum absolute atomic E-state index is 13.9. The minimum atomic E-state index is -4.81. The van der Waals surface area contributed by atoms with Crippen molar-refractivity contribution in [1.82, 2.24) is 19.6 Å². The zero-order chi connectivity index (χ0) is 27.2. The van der Waals surface area contributed by atoms with Gasteiger partial charge in [0.15, 0.2) is 11.6 Å². The first-order valence-corrected chi connectivity index (χ1v) is 11.4. The van der Waals surface area contributed by atoms with Crippen LogP contribution in [0.4, 0.5) is 29.6 Å². The number of ether oxygens (including phenoxy) is 3. The monoisotopic (exact) mass is 524 g/mol. The zero-order valence-electron chi connectivity index (χ0n) is 20.8. The first-order chi connectivity index (χ1) is 17.6. The maximum atomic E-state index is 13.9. The third kappa shape index (κ3) is 6.44. The normalized spacial score (nSPS) is 13.5. The topological polar surface area (TPSA) is 120 Å². The zero-order valence-corrected chi connectivity index (χ0v) is 20.8. The van der Waals surface area contributed by atoms with E-state index in [1.165, 1.54) is 30.3 Å². The highest BCUT2D eigenvalue weighted by molar-refractivity contribution is 5.92. The van der Waals surface area contributed by atoms with E-state index in [1.54, 1.807) is 0 Å². The molecule has 37 heavy (non-hydrogen) atoms. The van der Waals surface area contributed by atoms with Crippen LogP contribution in [-0.2, 0) is 20.4 Å². The number of carbonyl (C=O) groups excluding carboxylic acids is 2. The average Bonchev–Trinajstić information content (AvgIpc) is 3.32. The van der Waals surface area contributed by atoms with E-state index in [-0.39, 0.29) is 17.2 Å². The third-order valence-electron chi connectivity index (χ3n) is 5.04. The van der Waals surface area contributed by atoms with Crippen LogP contribution in [-0.4, -0.2) is 72.2 Å². The lowest BCUT2D eigenvalue weighted by molar-refractivity contribution is -0.137. The number of pyridine rings is 1. The molecule has 1 saturated heterocycles. The van der Waals surface area contributed by atoms with Crippen LogP contribution in [0, 0.1) is 0 Å². The van der Waals surface area contributed by atoms with Gasteiger partial charge < -0.3 is 19.1 Å². The molecule has 0 radical (unpaired) electrons. The van der Waals surface area contributed by atoms with Gasteiger partial charge in [-0.3, -0.25) is 5.32 Å². The molecular formula is C23H27F3N6O5. The van der Waals surface area contributed by atoms with Gasteiger partial charge in [0.2, 0.25) is 0 Å². The molecule has 1 aliphatic heterocycles. The van der Waals surface area contributed by atoms with E-state index in [2.05, 4.69) is 39.0 Å². The van der Waals surface area contributed by atoms with Gasteiger partial charge in [0.05, 0.1) is 44.1 Å². The number of anilines is 2. The molecule has 0 bridgehead atoms. The third-order valence-corrected chi connectivity index (χ3v) is 5.04. The van der Waals surface area contributed by atoms with Crippen molar-refractivity contribution in [3.8, 4) is 11.4 Å². The number of carbonyl (C=O) groups is 2. The SMILES string of the molecule is CCC.COC(=O)Nc1cc(C(F)(F)F)c(-c2nc(N3CCOCC3)c3cc(C(=O)OC)cn3n2)cn1. The van der Waals surface area contributed by atoms with E-state index in [4.69, 9.17) is 9.47 Å². The van der Waals surface area contributed by atoms with Gasteiger partial charge in [-0.1, -0.05) is 20.3 Å². The van der Waals surface area contributed by atoms with E-state index in [1.807, 2.05) is 4.90 Å². The predicted molar refractivity (Wildman–Crippen MR) is 128 cm³/mol. The molecule has 1 amide bonds. The lowest BCUT2D eigenvalue weighted by atomic mass is 10.1. The van der Waals surface area contributed by atoms with Gasteiger partial charge in [0, 0.05) is 25.5 Å². The minimum absolute atomic E-state index is 0.162. The average molecular weight is 525 g/mol.